The second-order valence-electron chi connectivity index (χ2n) is 7.51. The zero-order chi connectivity index (χ0) is 20.4. The molecule has 3 N–H and O–H groups in total. The second-order valence-corrected chi connectivity index (χ2v) is 9.26. The Hall–Kier alpha value is -1.13. The van der Waals surface area contributed by atoms with Crippen molar-refractivity contribution in [1.29, 1.82) is 0 Å². The summed E-state index contributed by atoms with van der Waals surface area (Å²) in [5.41, 5.74) is 3.28. The first-order valence-electron chi connectivity index (χ1n) is 10.1. The van der Waals surface area contributed by atoms with Crippen LogP contribution in [0.3, 0.4) is 0 Å². The number of hydrogen-bond acceptors (Lipinski definition) is 3. The number of nitrogens with one attached hydrogen (secondary N) is 3. The van der Waals surface area contributed by atoms with Gasteiger partial charge in [-0.2, -0.15) is 0 Å². The number of benzene rings is 1. The lowest BCUT2D eigenvalue weighted by Gasteiger charge is -2.16. The summed E-state index contributed by atoms with van der Waals surface area (Å²) < 4.78 is 27.2. The number of halogens is 1. The van der Waals surface area contributed by atoms with Gasteiger partial charge in [0.1, 0.15) is 0 Å². The van der Waals surface area contributed by atoms with Gasteiger partial charge in [0.25, 0.3) is 0 Å². The average molecular weight is 535 g/mol. The van der Waals surface area contributed by atoms with Gasteiger partial charge in [-0.05, 0) is 57.1 Å². The normalized spacial score (nSPS) is 14.9. The van der Waals surface area contributed by atoms with Crippen molar-refractivity contribution in [2.75, 3.05) is 13.6 Å². The molecule has 0 bridgehead atoms. The minimum absolute atomic E-state index is 0. The standard InChI is InChI=1S/C21H34N4O2S.HI/c1-17(2)25-28(26,27)16-20-12-8-7-11-19(20)15-24-21(22-3)23-14-13-18-9-5-4-6-10-18;/h7-9,11-12,17,25H,4-6,10,13-16H2,1-3H3,(H2,22,23,24);1H. The zero-order valence-electron chi connectivity index (χ0n) is 17.7. The summed E-state index contributed by atoms with van der Waals surface area (Å²) in [6.07, 6.45) is 8.42. The van der Waals surface area contributed by atoms with Gasteiger partial charge in [0.2, 0.25) is 10.0 Å². The first-order valence-corrected chi connectivity index (χ1v) is 11.7. The van der Waals surface area contributed by atoms with Crippen molar-refractivity contribution in [3.63, 3.8) is 0 Å². The van der Waals surface area contributed by atoms with Gasteiger partial charge in [0.05, 0.1) is 5.75 Å². The fourth-order valence-electron chi connectivity index (χ4n) is 3.35. The molecule has 0 aliphatic heterocycles. The molecule has 0 unspecified atom stereocenters. The van der Waals surface area contributed by atoms with Crippen molar-refractivity contribution in [3.8, 4) is 0 Å². The highest BCUT2D eigenvalue weighted by Crippen LogP contribution is 2.19. The lowest BCUT2D eigenvalue weighted by atomic mass is 9.97. The summed E-state index contributed by atoms with van der Waals surface area (Å²) >= 11 is 0. The van der Waals surface area contributed by atoms with E-state index in [2.05, 4.69) is 26.4 Å². The fourth-order valence-corrected chi connectivity index (χ4v) is 4.84. The largest absolute Gasteiger partial charge is 0.356 e. The van der Waals surface area contributed by atoms with Crippen LogP contribution >= 0.6 is 24.0 Å². The summed E-state index contributed by atoms with van der Waals surface area (Å²) in [6, 6.07) is 7.50. The van der Waals surface area contributed by atoms with Gasteiger partial charge in [-0.3, -0.25) is 4.99 Å². The number of hydrogen-bond donors (Lipinski definition) is 3. The molecule has 0 heterocycles. The van der Waals surface area contributed by atoms with Crippen LogP contribution in [-0.4, -0.2) is 34.0 Å². The van der Waals surface area contributed by atoms with Gasteiger partial charge < -0.3 is 10.6 Å². The van der Waals surface area contributed by atoms with E-state index in [1.54, 1.807) is 7.05 Å². The minimum atomic E-state index is -3.36. The van der Waals surface area contributed by atoms with Crippen LogP contribution in [0.1, 0.15) is 57.1 Å². The molecule has 0 fully saturated rings. The fraction of sp³-hybridized carbons (Fsp3) is 0.571. The second kappa shape index (κ2) is 13.2. The summed E-state index contributed by atoms with van der Waals surface area (Å²) in [6.45, 7) is 5.02. The summed E-state index contributed by atoms with van der Waals surface area (Å²) in [4.78, 5) is 4.27. The van der Waals surface area contributed by atoms with E-state index in [-0.39, 0.29) is 35.8 Å². The molecule has 164 valence electrons. The molecule has 0 spiro atoms. The quantitative estimate of drug-likeness (QED) is 0.195. The Morgan fingerprint density at radius 3 is 2.48 bits per heavy atom. The molecule has 0 atom stereocenters. The molecule has 1 aliphatic rings. The van der Waals surface area contributed by atoms with Crippen molar-refractivity contribution in [3.05, 3.63) is 47.0 Å². The molecule has 2 rings (SSSR count). The average Bonchev–Trinajstić information content (AvgIpc) is 2.65. The molecule has 8 heteroatoms. The first-order chi connectivity index (χ1) is 13.4. The Morgan fingerprint density at radius 2 is 1.86 bits per heavy atom. The molecule has 1 aromatic rings. The maximum Gasteiger partial charge on any atom is 0.216 e. The smallest absolute Gasteiger partial charge is 0.216 e. The van der Waals surface area contributed by atoms with Crippen LogP contribution < -0.4 is 15.4 Å². The van der Waals surface area contributed by atoms with E-state index in [0.29, 0.717) is 6.54 Å². The molecule has 1 aliphatic carbocycles. The lowest BCUT2D eigenvalue weighted by Crippen LogP contribution is -2.37. The van der Waals surface area contributed by atoms with Gasteiger partial charge >= 0.3 is 0 Å². The highest BCUT2D eigenvalue weighted by Gasteiger charge is 2.15. The van der Waals surface area contributed by atoms with E-state index in [9.17, 15) is 8.42 Å². The predicted molar refractivity (Wildman–Crippen MR) is 132 cm³/mol. The third-order valence-electron chi connectivity index (χ3n) is 4.67. The van der Waals surface area contributed by atoms with Crippen molar-refractivity contribution in [2.45, 2.75) is 64.3 Å². The molecular weight excluding hydrogens is 499 g/mol. The predicted octanol–water partition coefficient (Wildman–Crippen LogP) is 3.69. The highest BCUT2D eigenvalue weighted by molar-refractivity contribution is 14.0. The van der Waals surface area contributed by atoms with E-state index < -0.39 is 10.0 Å². The summed E-state index contributed by atoms with van der Waals surface area (Å²) in [7, 11) is -1.61. The molecule has 0 saturated heterocycles. The van der Waals surface area contributed by atoms with Crippen LogP contribution in [-0.2, 0) is 22.3 Å². The van der Waals surface area contributed by atoms with Crippen LogP contribution in [0.15, 0.2) is 40.9 Å². The third-order valence-corrected chi connectivity index (χ3v) is 6.19. The number of sulfonamides is 1. The van der Waals surface area contributed by atoms with E-state index in [4.69, 9.17) is 0 Å². The van der Waals surface area contributed by atoms with Crippen LogP contribution in [0.25, 0.3) is 0 Å². The topological polar surface area (TPSA) is 82.6 Å². The lowest BCUT2D eigenvalue weighted by molar-refractivity contribution is 0.568. The summed E-state index contributed by atoms with van der Waals surface area (Å²) in [5, 5.41) is 6.64. The third kappa shape index (κ3) is 9.95. The number of aliphatic imine (C=N–C) groups is 1. The van der Waals surface area contributed by atoms with E-state index in [0.717, 1.165) is 30.1 Å². The SMILES string of the molecule is CN=C(NCCC1=CCCCC1)NCc1ccccc1CS(=O)(=O)NC(C)C.I. The summed E-state index contributed by atoms with van der Waals surface area (Å²) in [5.74, 6) is 0.706. The Labute approximate surface area is 193 Å². The molecular formula is C21H35IN4O2S. The Bertz CT molecular complexity index is 792. The monoisotopic (exact) mass is 534 g/mol. The van der Waals surface area contributed by atoms with Crippen molar-refractivity contribution in [2.24, 2.45) is 4.99 Å². The number of allylic oxidation sites excluding steroid dienone is 1. The molecule has 0 radical (unpaired) electrons. The first kappa shape index (κ1) is 25.9. The van der Waals surface area contributed by atoms with Crippen LogP contribution in [0.5, 0.6) is 0 Å². The van der Waals surface area contributed by atoms with E-state index in [1.165, 1.54) is 31.3 Å². The van der Waals surface area contributed by atoms with Gasteiger partial charge in [0.15, 0.2) is 5.96 Å². The van der Waals surface area contributed by atoms with Crippen molar-refractivity contribution in [1.82, 2.24) is 15.4 Å². The van der Waals surface area contributed by atoms with Crippen molar-refractivity contribution < 1.29 is 8.42 Å². The maximum atomic E-state index is 12.3. The molecule has 0 amide bonds. The van der Waals surface area contributed by atoms with Gasteiger partial charge in [-0.15, -0.1) is 24.0 Å². The Balaban J connectivity index is 0.00000420. The Morgan fingerprint density at radius 1 is 1.14 bits per heavy atom. The molecule has 6 nitrogen and oxygen atoms in total. The highest BCUT2D eigenvalue weighted by atomic mass is 127. The van der Waals surface area contributed by atoms with Gasteiger partial charge in [-0.1, -0.05) is 35.9 Å². The van der Waals surface area contributed by atoms with Crippen molar-refractivity contribution >= 4 is 40.0 Å². The molecule has 29 heavy (non-hydrogen) atoms. The zero-order valence-corrected chi connectivity index (χ0v) is 20.8. The van der Waals surface area contributed by atoms with Gasteiger partial charge in [0, 0.05) is 26.2 Å². The Kier molecular flexibility index (Phi) is 11.8. The molecule has 0 saturated carbocycles. The van der Waals surface area contributed by atoms with Gasteiger partial charge in [-0.25, -0.2) is 13.1 Å². The molecule has 0 aromatic heterocycles. The van der Waals surface area contributed by atoms with Crippen LogP contribution in [0, 0.1) is 0 Å². The van der Waals surface area contributed by atoms with Crippen LogP contribution in [0.2, 0.25) is 0 Å². The minimum Gasteiger partial charge on any atom is -0.356 e. The number of guanidine groups is 1. The molecule has 1 aromatic carbocycles. The van der Waals surface area contributed by atoms with E-state index in [1.807, 2.05) is 38.1 Å². The number of rotatable bonds is 9. The van der Waals surface area contributed by atoms with Crippen LogP contribution in [0.4, 0.5) is 0 Å². The number of nitrogens with zero attached hydrogens (tertiary/aromatic N) is 1. The maximum absolute atomic E-state index is 12.3. The van der Waals surface area contributed by atoms with E-state index >= 15 is 0 Å².